The Balaban J connectivity index is 1.68. The van der Waals surface area contributed by atoms with E-state index in [1.807, 2.05) is 25.1 Å². The largest absolute Gasteiger partial charge is 0.508 e. The summed E-state index contributed by atoms with van der Waals surface area (Å²) in [7, 11) is 0. The SMILES string of the molecule is Cc1ccnc(N2C(=O)C3=C(C(=O)C4CCCCC4O3)C2c2cccc(O)c2)c1. The Labute approximate surface area is 168 Å². The van der Waals surface area contributed by atoms with Gasteiger partial charge in [-0.3, -0.25) is 14.5 Å². The molecule has 1 saturated carbocycles. The molecular weight excluding hydrogens is 368 g/mol. The molecule has 1 aliphatic carbocycles. The number of amides is 1. The fourth-order valence-corrected chi connectivity index (χ4v) is 4.74. The van der Waals surface area contributed by atoms with Gasteiger partial charge in [0.15, 0.2) is 11.5 Å². The van der Waals surface area contributed by atoms with Crippen molar-refractivity contribution in [2.45, 2.75) is 44.8 Å². The number of phenols is 1. The molecular formula is C23H22N2O4. The van der Waals surface area contributed by atoms with E-state index >= 15 is 0 Å². The highest BCUT2D eigenvalue weighted by atomic mass is 16.5. The number of fused-ring (bicyclic) bond motifs is 1. The molecule has 6 nitrogen and oxygen atoms in total. The fourth-order valence-electron chi connectivity index (χ4n) is 4.74. The van der Waals surface area contributed by atoms with Gasteiger partial charge in [0, 0.05) is 6.20 Å². The first kappa shape index (κ1) is 17.9. The number of aromatic hydroxyl groups is 1. The van der Waals surface area contributed by atoms with Gasteiger partial charge in [0.05, 0.1) is 17.5 Å². The van der Waals surface area contributed by atoms with E-state index in [-0.39, 0.29) is 35.2 Å². The number of aromatic nitrogens is 1. The summed E-state index contributed by atoms with van der Waals surface area (Å²) >= 11 is 0. The van der Waals surface area contributed by atoms with Gasteiger partial charge in [-0.1, -0.05) is 18.6 Å². The second-order valence-electron chi connectivity index (χ2n) is 8.02. The Morgan fingerprint density at radius 3 is 2.76 bits per heavy atom. The lowest BCUT2D eigenvalue weighted by Gasteiger charge is -2.35. The quantitative estimate of drug-likeness (QED) is 0.848. The Hall–Kier alpha value is -3.15. The van der Waals surface area contributed by atoms with Crippen molar-refractivity contribution in [2.24, 2.45) is 5.92 Å². The molecule has 5 rings (SSSR count). The number of ketones is 1. The summed E-state index contributed by atoms with van der Waals surface area (Å²) in [6, 6.07) is 9.72. The van der Waals surface area contributed by atoms with E-state index in [9.17, 15) is 14.7 Å². The fraction of sp³-hybridized carbons (Fsp3) is 0.348. The van der Waals surface area contributed by atoms with E-state index in [2.05, 4.69) is 4.98 Å². The number of benzene rings is 1. The van der Waals surface area contributed by atoms with Crippen LogP contribution in [0.4, 0.5) is 5.82 Å². The first-order valence-corrected chi connectivity index (χ1v) is 10.0. The average molecular weight is 390 g/mol. The number of ether oxygens (including phenoxy) is 1. The molecule has 1 amide bonds. The van der Waals surface area contributed by atoms with Gasteiger partial charge in [0.25, 0.3) is 5.91 Å². The van der Waals surface area contributed by atoms with Crippen LogP contribution in [0, 0.1) is 12.8 Å². The number of rotatable bonds is 2. The average Bonchev–Trinajstić information content (AvgIpc) is 3.01. The maximum atomic E-state index is 13.5. The standard InChI is InChI=1S/C23H22N2O4/c1-13-9-10-24-18(11-13)25-20(14-5-4-6-15(26)12-14)19-21(27)16-7-2-3-8-17(16)29-22(19)23(25)28/h4-6,9-12,16-17,20,26H,2-3,7-8H2,1H3. The van der Waals surface area contributed by atoms with Gasteiger partial charge in [-0.05, 0) is 61.6 Å². The normalized spacial score (nSPS) is 26.2. The Kier molecular flexibility index (Phi) is 4.15. The van der Waals surface area contributed by atoms with Crippen LogP contribution in [0.3, 0.4) is 0 Å². The van der Waals surface area contributed by atoms with Crippen molar-refractivity contribution in [2.75, 3.05) is 4.90 Å². The van der Waals surface area contributed by atoms with Gasteiger partial charge in [0.2, 0.25) is 0 Å². The minimum atomic E-state index is -0.658. The molecule has 2 aromatic rings. The Morgan fingerprint density at radius 2 is 1.97 bits per heavy atom. The first-order chi connectivity index (χ1) is 14.0. The molecule has 1 fully saturated rings. The number of carbonyl (C=O) groups is 2. The highest BCUT2D eigenvalue weighted by molar-refractivity contribution is 6.17. The third-order valence-electron chi connectivity index (χ3n) is 6.10. The number of carbonyl (C=O) groups excluding carboxylic acids is 2. The lowest BCUT2D eigenvalue weighted by atomic mass is 9.77. The van der Waals surface area contributed by atoms with Crippen molar-refractivity contribution >= 4 is 17.5 Å². The van der Waals surface area contributed by atoms with Crippen molar-refractivity contribution < 1.29 is 19.4 Å². The summed E-state index contributed by atoms with van der Waals surface area (Å²) in [5, 5.41) is 10.0. The van der Waals surface area contributed by atoms with Crippen LogP contribution in [0.5, 0.6) is 5.75 Å². The smallest absolute Gasteiger partial charge is 0.295 e. The van der Waals surface area contributed by atoms with Crippen LogP contribution < -0.4 is 4.90 Å². The zero-order valence-electron chi connectivity index (χ0n) is 16.2. The van der Waals surface area contributed by atoms with Crippen LogP contribution in [0.15, 0.2) is 53.9 Å². The number of hydrogen-bond acceptors (Lipinski definition) is 5. The van der Waals surface area contributed by atoms with Crippen LogP contribution in [0.1, 0.15) is 42.9 Å². The molecule has 0 saturated heterocycles. The summed E-state index contributed by atoms with van der Waals surface area (Å²) in [5.74, 6) is 0.143. The molecule has 0 spiro atoms. The molecule has 3 unspecified atom stereocenters. The molecule has 0 bridgehead atoms. The molecule has 2 aliphatic heterocycles. The molecule has 1 N–H and O–H groups in total. The number of nitrogens with zero attached hydrogens (tertiary/aromatic N) is 2. The maximum Gasteiger partial charge on any atom is 0.295 e. The third kappa shape index (κ3) is 2.82. The van der Waals surface area contributed by atoms with Gasteiger partial charge in [-0.25, -0.2) is 4.98 Å². The molecule has 3 aliphatic rings. The van der Waals surface area contributed by atoms with Gasteiger partial charge in [-0.2, -0.15) is 0 Å². The molecule has 0 radical (unpaired) electrons. The highest BCUT2D eigenvalue weighted by Crippen LogP contribution is 2.48. The van der Waals surface area contributed by atoms with E-state index < -0.39 is 6.04 Å². The van der Waals surface area contributed by atoms with Crippen molar-refractivity contribution in [3.63, 3.8) is 0 Å². The summed E-state index contributed by atoms with van der Waals surface area (Å²) in [6.07, 6.45) is 4.99. The highest BCUT2D eigenvalue weighted by Gasteiger charge is 2.52. The van der Waals surface area contributed by atoms with E-state index in [0.717, 1.165) is 31.2 Å². The van der Waals surface area contributed by atoms with Crippen LogP contribution >= 0.6 is 0 Å². The second-order valence-corrected chi connectivity index (χ2v) is 8.02. The predicted molar refractivity (Wildman–Crippen MR) is 106 cm³/mol. The monoisotopic (exact) mass is 390 g/mol. The van der Waals surface area contributed by atoms with Crippen molar-refractivity contribution in [1.29, 1.82) is 0 Å². The molecule has 6 heteroatoms. The second kappa shape index (κ2) is 6.72. The molecule has 1 aromatic heterocycles. The predicted octanol–water partition coefficient (Wildman–Crippen LogP) is 3.60. The van der Waals surface area contributed by atoms with Gasteiger partial charge < -0.3 is 9.84 Å². The summed E-state index contributed by atoms with van der Waals surface area (Å²) in [4.78, 5) is 32.9. The summed E-state index contributed by atoms with van der Waals surface area (Å²) in [5.41, 5.74) is 2.02. The number of anilines is 1. The summed E-state index contributed by atoms with van der Waals surface area (Å²) in [6.45, 7) is 1.93. The number of hydrogen-bond donors (Lipinski definition) is 1. The van der Waals surface area contributed by atoms with E-state index in [1.54, 1.807) is 24.4 Å². The zero-order valence-corrected chi connectivity index (χ0v) is 16.2. The third-order valence-corrected chi connectivity index (χ3v) is 6.10. The minimum Gasteiger partial charge on any atom is -0.508 e. The Morgan fingerprint density at radius 1 is 1.14 bits per heavy atom. The van der Waals surface area contributed by atoms with Gasteiger partial charge >= 0.3 is 0 Å². The van der Waals surface area contributed by atoms with Crippen LogP contribution in [0.2, 0.25) is 0 Å². The summed E-state index contributed by atoms with van der Waals surface area (Å²) < 4.78 is 6.14. The number of Topliss-reactive ketones (excluding diaryl/α,β-unsaturated/α-hetero) is 1. The van der Waals surface area contributed by atoms with Crippen LogP contribution in [-0.2, 0) is 14.3 Å². The zero-order chi connectivity index (χ0) is 20.1. The van der Waals surface area contributed by atoms with Crippen LogP contribution in [-0.4, -0.2) is 27.9 Å². The number of aryl methyl sites for hydroxylation is 1. The lowest BCUT2D eigenvalue weighted by Crippen LogP contribution is -2.39. The Bertz CT molecular complexity index is 1040. The number of phenolic OH excluding ortho intramolecular Hbond substituents is 1. The van der Waals surface area contributed by atoms with Gasteiger partial charge in [-0.15, -0.1) is 0 Å². The minimum absolute atomic E-state index is 0.00667. The van der Waals surface area contributed by atoms with E-state index in [0.29, 0.717) is 17.0 Å². The van der Waals surface area contributed by atoms with Crippen molar-refractivity contribution in [3.05, 3.63) is 65.1 Å². The van der Waals surface area contributed by atoms with Crippen molar-refractivity contribution in [3.8, 4) is 5.75 Å². The van der Waals surface area contributed by atoms with Crippen LogP contribution in [0.25, 0.3) is 0 Å². The molecule has 148 valence electrons. The van der Waals surface area contributed by atoms with Crippen molar-refractivity contribution in [1.82, 2.24) is 4.98 Å². The van der Waals surface area contributed by atoms with E-state index in [1.165, 1.54) is 4.90 Å². The first-order valence-electron chi connectivity index (χ1n) is 10.0. The lowest BCUT2D eigenvalue weighted by molar-refractivity contribution is -0.131. The molecule has 3 heterocycles. The maximum absolute atomic E-state index is 13.5. The number of pyridine rings is 1. The van der Waals surface area contributed by atoms with Gasteiger partial charge in [0.1, 0.15) is 17.7 Å². The molecule has 3 atom stereocenters. The topological polar surface area (TPSA) is 79.7 Å². The molecule has 29 heavy (non-hydrogen) atoms. The van der Waals surface area contributed by atoms with E-state index in [4.69, 9.17) is 4.74 Å². The molecule has 1 aromatic carbocycles.